The molecule has 0 atom stereocenters. The highest BCUT2D eigenvalue weighted by Crippen LogP contribution is 2.28. The van der Waals surface area contributed by atoms with Crippen LogP contribution in [0.2, 0.25) is 0 Å². The van der Waals surface area contributed by atoms with Crippen LogP contribution in [0.3, 0.4) is 0 Å². The van der Waals surface area contributed by atoms with Crippen LogP contribution < -0.4 is 10.7 Å². The number of rotatable bonds is 8. The summed E-state index contributed by atoms with van der Waals surface area (Å²) in [7, 11) is 0. The van der Waals surface area contributed by atoms with Gasteiger partial charge in [0.25, 0.3) is 5.91 Å². The molecule has 204 valence electrons. The molecule has 4 aromatic carbocycles. The first-order valence-electron chi connectivity index (χ1n) is 13.4. The van der Waals surface area contributed by atoms with Gasteiger partial charge in [-0.15, -0.1) is 11.3 Å². The average Bonchev–Trinajstić information content (AvgIpc) is 3.63. The van der Waals surface area contributed by atoms with Crippen LogP contribution in [0.5, 0.6) is 0 Å². The van der Waals surface area contributed by atoms with E-state index < -0.39 is 0 Å². The molecule has 0 aliphatic rings. The first-order chi connectivity index (χ1) is 20.6. The molecule has 1 amide bonds. The molecular weight excluding hydrogens is 540 g/mol. The van der Waals surface area contributed by atoms with E-state index in [9.17, 15) is 10.1 Å². The molecule has 0 spiro atoms. The average molecular weight is 567 g/mol. The van der Waals surface area contributed by atoms with Crippen molar-refractivity contribution in [2.24, 2.45) is 5.10 Å². The summed E-state index contributed by atoms with van der Waals surface area (Å²) in [5.41, 5.74) is 10.6. The number of aryl methyl sites for hydroxylation is 1. The molecule has 2 heterocycles. The zero-order valence-corrected chi connectivity index (χ0v) is 23.6. The van der Waals surface area contributed by atoms with Gasteiger partial charge in [0, 0.05) is 51.4 Å². The van der Waals surface area contributed by atoms with Crippen LogP contribution in [0, 0.1) is 18.3 Å². The van der Waals surface area contributed by atoms with Crippen LogP contribution in [-0.2, 0) is 6.54 Å². The normalized spacial score (nSPS) is 11.0. The Kier molecular flexibility index (Phi) is 7.58. The zero-order valence-electron chi connectivity index (χ0n) is 22.8. The molecule has 2 aromatic heterocycles. The lowest BCUT2D eigenvalue weighted by molar-refractivity contribution is 0.0955. The predicted octanol–water partition coefficient (Wildman–Crippen LogP) is 7.50. The van der Waals surface area contributed by atoms with Crippen molar-refractivity contribution in [2.45, 2.75) is 13.5 Å². The summed E-state index contributed by atoms with van der Waals surface area (Å²) < 4.78 is 2.09. The Labute approximate surface area is 247 Å². The molecule has 8 heteroatoms. The fraction of sp³-hybridized carbons (Fsp3) is 0.0588. The molecule has 0 bridgehead atoms. The summed E-state index contributed by atoms with van der Waals surface area (Å²) in [6, 6.07) is 33.3. The number of thiazole rings is 1. The molecule has 42 heavy (non-hydrogen) atoms. The number of nitrogens with one attached hydrogen (secondary N) is 2. The van der Waals surface area contributed by atoms with Gasteiger partial charge in [-0.2, -0.15) is 10.4 Å². The van der Waals surface area contributed by atoms with Crippen molar-refractivity contribution < 1.29 is 4.79 Å². The first-order valence-corrected chi connectivity index (χ1v) is 14.2. The second-order valence-corrected chi connectivity index (χ2v) is 10.7. The zero-order chi connectivity index (χ0) is 28.9. The van der Waals surface area contributed by atoms with Crippen molar-refractivity contribution in [1.82, 2.24) is 15.0 Å². The van der Waals surface area contributed by atoms with Crippen molar-refractivity contribution in [3.8, 4) is 17.3 Å². The van der Waals surface area contributed by atoms with E-state index >= 15 is 0 Å². The van der Waals surface area contributed by atoms with Gasteiger partial charge in [0.05, 0.1) is 23.5 Å². The van der Waals surface area contributed by atoms with Gasteiger partial charge in [-0.25, -0.2) is 10.4 Å². The Morgan fingerprint density at radius 3 is 2.57 bits per heavy atom. The smallest absolute Gasteiger partial charge is 0.271 e. The van der Waals surface area contributed by atoms with E-state index in [2.05, 4.69) is 50.5 Å². The Bertz CT molecular complexity index is 1950. The molecule has 0 aliphatic carbocycles. The molecule has 0 saturated heterocycles. The number of carbonyl (C=O) groups excluding carboxylic acids is 1. The molecule has 7 nitrogen and oxygen atoms in total. The van der Waals surface area contributed by atoms with Crippen LogP contribution in [0.25, 0.3) is 22.2 Å². The van der Waals surface area contributed by atoms with Gasteiger partial charge in [0.1, 0.15) is 0 Å². The molecule has 0 unspecified atom stereocenters. The minimum absolute atomic E-state index is 0.301. The predicted molar refractivity (Wildman–Crippen MR) is 169 cm³/mol. The third kappa shape index (κ3) is 5.82. The summed E-state index contributed by atoms with van der Waals surface area (Å²) in [6.45, 7) is 2.61. The van der Waals surface area contributed by atoms with Gasteiger partial charge < -0.3 is 9.88 Å². The maximum absolute atomic E-state index is 12.8. The number of nitrogens with zero attached hydrogens (tertiary/aromatic N) is 4. The number of amides is 1. The number of benzene rings is 4. The number of para-hydroxylation sites is 1. The van der Waals surface area contributed by atoms with Gasteiger partial charge in [-0.3, -0.25) is 4.79 Å². The highest BCUT2D eigenvalue weighted by atomic mass is 32.1. The summed E-state index contributed by atoms with van der Waals surface area (Å²) >= 11 is 1.53. The van der Waals surface area contributed by atoms with Crippen LogP contribution in [0.1, 0.15) is 32.6 Å². The third-order valence-electron chi connectivity index (χ3n) is 6.92. The lowest BCUT2D eigenvalue weighted by Gasteiger charge is -2.07. The van der Waals surface area contributed by atoms with E-state index in [1.807, 2.05) is 84.4 Å². The number of hydrogen-bond acceptors (Lipinski definition) is 6. The van der Waals surface area contributed by atoms with Crippen LogP contribution in [0.4, 0.5) is 10.8 Å². The number of anilines is 2. The lowest BCUT2D eigenvalue weighted by atomic mass is 10.1. The maximum atomic E-state index is 12.8. The largest absolute Gasteiger partial charge is 0.342 e. The Hall–Kier alpha value is -5.52. The second-order valence-electron chi connectivity index (χ2n) is 9.80. The molecule has 0 saturated carbocycles. The maximum Gasteiger partial charge on any atom is 0.271 e. The molecular formula is C34H26N6OS. The van der Waals surface area contributed by atoms with Crippen molar-refractivity contribution >= 4 is 45.2 Å². The molecule has 0 fully saturated rings. The summed E-state index contributed by atoms with van der Waals surface area (Å²) in [4.78, 5) is 17.5. The van der Waals surface area contributed by atoms with E-state index in [4.69, 9.17) is 0 Å². The van der Waals surface area contributed by atoms with Crippen LogP contribution in [0.15, 0.2) is 114 Å². The molecule has 0 aliphatic heterocycles. The highest BCUT2D eigenvalue weighted by Gasteiger charge is 2.11. The van der Waals surface area contributed by atoms with Crippen molar-refractivity contribution in [1.29, 1.82) is 5.26 Å². The van der Waals surface area contributed by atoms with E-state index in [0.29, 0.717) is 17.7 Å². The standard InChI is InChI=1S/C34H26N6OS/c1-23-10-16-29(17-11-23)37-34-38-31(22-42-34)24-12-14-25(15-13-24)33(41)39-36-19-28-21-40(32-9-5-4-8-30(28)32)20-27-7-3-2-6-26(27)18-35/h2-17,19,21-22H,20H2,1H3,(H,37,38)(H,39,41)/b36-19-. The minimum atomic E-state index is -0.301. The SMILES string of the molecule is Cc1ccc(Nc2nc(-c3ccc(C(=O)N/N=C\c4cn(Cc5ccccc5C#N)c5ccccc45)cc3)cs2)cc1. The number of hydrazone groups is 1. The summed E-state index contributed by atoms with van der Waals surface area (Å²) in [5, 5.41) is 20.9. The highest BCUT2D eigenvalue weighted by molar-refractivity contribution is 7.14. The number of carbonyl (C=O) groups is 1. The van der Waals surface area contributed by atoms with E-state index in [1.54, 1.807) is 18.3 Å². The van der Waals surface area contributed by atoms with Crippen LogP contribution in [-0.4, -0.2) is 21.7 Å². The minimum Gasteiger partial charge on any atom is -0.342 e. The summed E-state index contributed by atoms with van der Waals surface area (Å²) in [5.74, 6) is -0.301. The molecule has 6 aromatic rings. The topological polar surface area (TPSA) is 95.1 Å². The summed E-state index contributed by atoms with van der Waals surface area (Å²) in [6.07, 6.45) is 3.64. The van der Waals surface area contributed by atoms with E-state index in [1.165, 1.54) is 16.9 Å². The Balaban J connectivity index is 1.12. The van der Waals surface area contributed by atoms with E-state index in [0.717, 1.165) is 44.1 Å². The van der Waals surface area contributed by atoms with Crippen molar-refractivity contribution in [2.75, 3.05) is 5.32 Å². The van der Waals surface area contributed by atoms with Gasteiger partial charge in [-0.05, 0) is 48.9 Å². The number of nitriles is 1. The Morgan fingerprint density at radius 2 is 1.76 bits per heavy atom. The lowest BCUT2D eigenvalue weighted by Crippen LogP contribution is -2.17. The number of hydrogen-bond donors (Lipinski definition) is 2. The number of fused-ring (bicyclic) bond motifs is 1. The third-order valence-corrected chi connectivity index (χ3v) is 7.68. The number of aromatic nitrogens is 2. The van der Waals surface area contributed by atoms with Gasteiger partial charge >= 0.3 is 0 Å². The fourth-order valence-electron chi connectivity index (χ4n) is 4.70. The van der Waals surface area contributed by atoms with Gasteiger partial charge in [-0.1, -0.05) is 66.2 Å². The quantitative estimate of drug-likeness (QED) is 0.147. The van der Waals surface area contributed by atoms with Gasteiger partial charge in [0.15, 0.2) is 5.13 Å². The van der Waals surface area contributed by atoms with Gasteiger partial charge in [0.2, 0.25) is 0 Å². The second kappa shape index (κ2) is 11.9. The van der Waals surface area contributed by atoms with Crippen molar-refractivity contribution in [3.05, 3.63) is 136 Å². The monoisotopic (exact) mass is 566 g/mol. The molecule has 2 N–H and O–H groups in total. The van der Waals surface area contributed by atoms with Crippen LogP contribution >= 0.6 is 11.3 Å². The molecule has 0 radical (unpaired) electrons. The Morgan fingerprint density at radius 1 is 1.00 bits per heavy atom. The van der Waals surface area contributed by atoms with E-state index in [-0.39, 0.29) is 5.91 Å². The van der Waals surface area contributed by atoms with Crippen molar-refractivity contribution in [3.63, 3.8) is 0 Å². The molecule has 6 rings (SSSR count). The first kappa shape index (κ1) is 26.7. The fourth-order valence-corrected chi connectivity index (χ4v) is 5.44.